The van der Waals surface area contributed by atoms with E-state index in [0.717, 1.165) is 32.1 Å². The van der Waals surface area contributed by atoms with Gasteiger partial charge in [-0.2, -0.15) is 0 Å². The number of allylic oxidation sites excluding steroid dienone is 5. The molecule has 0 amide bonds. The Morgan fingerprint density at radius 3 is 2.65 bits per heavy atom. The van der Waals surface area contributed by atoms with Crippen molar-refractivity contribution in [3.05, 3.63) is 36.5 Å². The summed E-state index contributed by atoms with van der Waals surface area (Å²) in [6, 6.07) is 0. The minimum absolute atomic E-state index is 0.0518. The van der Waals surface area contributed by atoms with Gasteiger partial charge in [-0.1, -0.05) is 63.0 Å². The number of rotatable bonds is 2. The summed E-state index contributed by atoms with van der Waals surface area (Å²) in [5.74, 6) is -0.0518. The molecule has 0 radical (unpaired) electrons. The molecule has 0 bridgehead atoms. The third-order valence-corrected chi connectivity index (χ3v) is 3.40. The second kappa shape index (κ2) is 11.5. The van der Waals surface area contributed by atoms with Crippen molar-refractivity contribution in [1.82, 2.24) is 0 Å². The lowest BCUT2D eigenvalue weighted by Gasteiger charge is -2.13. The molecule has 0 aliphatic carbocycles. The summed E-state index contributed by atoms with van der Waals surface area (Å²) in [5, 5.41) is 0. The highest BCUT2D eigenvalue weighted by Gasteiger charge is 2.10. The SMILES string of the molecule is CCCC1/C=C/C=C/C=C\CCCCCCCC(=O)O1. The van der Waals surface area contributed by atoms with Crippen molar-refractivity contribution in [3.8, 4) is 0 Å². The van der Waals surface area contributed by atoms with Crippen LogP contribution in [0.15, 0.2) is 36.5 Å². The van der Waals surface area contributed by atoms with Crippen molar-refractivity contribution < 1.29 is 9.53 Å². The minimum atomic E-state index is -0.0750. The fraction of sp³-hybridized carbons (Fsp3) is 0.611. The molecule has 0 saturated carbocycles. The predicted molar refractivity (Wildman–Crippen MR) is 84.5 cm³/mol. The van der Waals surface area contributed by atoms with Crippen LogP contribution in [-0.2, 0) is 9.53 Å². The lowest BCUT2D eigenvalue weighted by molar-refractivity contribution is -0.147. The van der Waals surface area contributed by atoms with Crippen molar-refractivity contribution >= 4 is 5.97 Å². The lowest BCUT2D eigenvalue weighted by Crippen LogP contribution is -2.15. The molecule has 0 aromatic rings. The molecule has 0 aromatic carbocycles. The third kappa shape index (κ3) is 8.73. The molecule has 2 nitrogen and oxygen atoms in total. The maximum atomic E-state index is 11.8. The number of hydrogen-bond donors (Lipinski definition) is 0. The zero-order chi connectivity index (χ0) is 14.5. The summed E-state index contributed by atoms with van der Waals surface area (Å²) in [6.07, 6.45) is 21.7. The molecule has 0 N–H and O–H groups in total. The van der Waals surface area contributed by atoms with Crippen molar-refractivity contribution in [3.63, 3.8) is 0 Å². The highest BCUT2D eigenvalue weighted by atomic mass is 16.5. The summed E-state index contributed by atoms with van der Waals surface area (Å²) < 4.78 is 5.51. The van der Waals surface area contributed by atoms with Crippen LogP contribution >= 0.6 is 0 Å². The van der Waals surface area contributed by atoms with E-state index in [2.05, 4.69) is 19.1 Å². The molecule has 1 unspecified atom stereocenters. The lowest BCUT2D eigenvalue weighted by atomic mass is 10.1. The van der Waals surface area contributed by atoms with Crippen molar-refractivity contribution in [2.45, 2.75) is 70.8 Å². The van der Waals surface area contributed by atoms with Crippen LogP contribution in [0, 0.1) is 0 Å². The number of ether oxygens (including phenoxy) is 1. The number of carbonyl (C=O) groups excluding carboxylic acids is 1. The molecule has 112 valence electrons. The predicted octanol–water partition coefficient (Wildman–Crippen LogP) is 5.11. The molecular formula is C18H28O2. The van der Waals surface area contributed by atoms with Crippen molar-refractivity contribution in [2.24, 2.45) is 0 Å². The highest BCUT2D eigenvalue weighted by molar-refractivity contribution is 5.69. The van der Waals surface area contributed by atoms with Gasteiger partial charge in [0.25, 0.3) is 0 Å². The van der Waals surface area contributed by atoms with Gasteiger partial charge < -0.3 is 4.74 Å². The topological polar surface area (TPSA) is 26.3 Å². The van der Waals surface area contributed by atoms with E-state index >= 15 is 0 Å². The Labute approximate surface area is 123 Å². The standard InChI is InChI=1S/C18H28O2/c1-2-14-17-15-12-10-8-6-4-3-5-7-9-11-13-16-18(19)20-17/h4,6,8,10,12,15,17H,2-3,5,7,9,11,13-14,16H2,1H3/b6-4-,10-8+,15-12+. The van der Waals surface area contributed by atoms with Gasteiger partial charge in [-0.15, -0.1) is 0 Å². The zero-order valence-electron chi connectivity index (χ0n) is 12.7. The molecule has 1 rings (SSSR count). The first-order chi connectivity index (χ1) is 9.83. The molecule has 1 heterocycles. The maximum absolute atomic E-state index is 11.8. The normalized spacial score (nSPS) is 27.4. The number of cyclic esters (lactones) is 1. The summed E-state index contributed by atoms with van der Waals surface area (Å²) in [7, 11) is 0. The average Bonchev–Trinajstić information content (AvgIpc) is 2.42. The average molecular weight is 276 g/mol. The zero-order valence-corrected chi connectivity index (χ0v) is 12.7. The molecule has 0 fully saturated rings. The van der Waals surface area contributed by atoms with Crippen LogP contribution < -0.4 is 0 Å². The molecule has 0 saturated heterocycles. The van der Waals surface area contributed by atoms with Gasteiger partial charge in [0.05, 0.1) is 0 Å². The number of carbonyl (C=O) groups is 1. The van der Waals surface area contributed by atoms with Gasteiger partial charge in [-0.05, 0) is 31.8 Å². The van der Waals surface area contributed by atoms with E-state index in [0.29, 0.717) is 6.42 Å². The van der Waals surface area contributed by atoms with Gasteiger partial charge in [0.15, 0.2) is 0 Å². The Kier molecular flexibility index (Phi) is 9.64. The molecule has 20 heavy (non-hydrogen) atoms. The van der Waals surface area contributed by atoms with Crippen LogP contribution in [0.5, 0.6) is 0 Å². The summed E-state index contributed by atoms with van der Waals surface area (Å²) in [5.41, 5.74) is 0. The Bertz CT molecular complexity index is 339. The monoisotopic (exact) mass is 276 g/mol. The smallest absolute Gasteiger partial charge is 0.306 e. The number of hydrogen-bond acceptors (Lipinski definition) is 2. The van der Waals surface area contributed by atoms with E-state index in [1.807, 2.05) is 24.3 Å². The maximum Gasteiger partial charge on any atom is 0.306 e. The molecule has 1 aliphatic rings. The van der Waals surface area contributed by atoms with Crippen molar-refractivity contribution in [1.29, 1.82) is 0 Å². The molecule has 1 atom stereocenters. The first-order valence-corrected chi connectivity index (χ1v) is 8.02. The Morgan fingerprint density at radius 1 is 1.05 bits per heavy atom. The third-order valence-electron chi connectivity index (χ3n) is 3.40. The second-order valence-electron chi connectivity index (χ2n) is 5.32. The molecule has 1 aliphatic heterocycles. The summed E-state index contributed by atoms with van der Waals surface area (Å²) >= 11 is 0. The number of esters is 1. The van der Waals surface area contributed by atoms with Gasteiger partial charge in [-0.25, -0.2) is 0 Å². The molecule has 0 spiro atoms. The van der Waals surface area contributed by atoms with Gasteiger partial charge in [0.2, 0.25) is 0 Å². The van der Waals surface area contributed by atoms with Crippen LogP contribution in [0.2, 0.25) is 0 Å². The first-order valence-electron chi connectivity index (χ1n) is 8.02. The van der Waals surface area contributed by atoms with E-state index in [1.54, 1.807) is 0 Å². The second-order valence-corrected chi connectivity index (χ2v) is 5.32. The van der Waals surface area contributed by atoms with E-state index in [4.69, 9.17) is 4.74 Å². The fourth-order valence-corrected chi connectivity index (χ4v) is 2.26. The summed E-state index contributed by atoms with van der Waals surface area (Å²) in [6.45, 7) is 2.11. The van der Waals surface area contributed by atoms with Gasteiger partial charge in [-0.3, -0.25) is 4.79 Å². The van der Waals surface area contributed by atoms with Crippen LogP contribution in [0.1, 0.15) is 64.7 Å². The molecular weight excluding hydrogens is 248 g/mol. The fourth-order valence-electron chi connectivity index (χ4n) is 2.26. The van der Waals surface area contributed by atoms with Crippen LogP contribution in [0.25, 0.3) is 0 Å². The Balaban J connectivity index is 2.55. The highest BCUT2D eigenvalue weighted by Crippen LogP contribution is 2.11. The molecule has 0 aromatic heterocycles. The van der Waals surface area contributed by atoms with E-state index in [9.17, 15) is 4.79 Å². The largest absolute Gasteiger partial charge is 0.458 e. The van der Waals surface area contributed by atoms with Crippen LogP contribution in [0.4, 0.5) is 0 Å². The quantitative estimate of drug-likeness (QED) is 0.655. The molecule has 2 heteroatoms. The summed E-state index contributed by atoms with van der Waals surface area (Å²) in [4.78, 5) is 11.8. The minimum Gasteiger partial charge on any atom is -0.458 e. The Morgan fingerprint density at radius 2 is 1.80 bits per heavy atom. The van der Waals surface area contributed by atoms with E-state index < -0.39 is 0 Å². The van der Waals surface area contributed by atoms with Gasteiger partial charge >= 0.3 is 5.97 Å². The van der Waals surface area contributed by atoms with E-state index in [1.165, 1.54) is 19.3 Å². The van der Waals surface area contributed by atoms with Gasteiger partial charge in [0.1, 0.15) is 6.10 Å². The van der Waals surface area contributed by atoms with Crippen LogP contribution in [-0.4, -0.2) is 12.1 Å². The van der Waals surface area contributed by atoms with Crippen molar-refractivity contribution in [2.75, 3.05) is 0 Å². The van der Waals surface area contributed by atoms with Crippen LogP contribution in [0.3, 0.4) is 0 Å². The first kappa shape index (κ1) is 16.7. The van der Waals surface area contributed by atoms with Gasteiger partial charge in [0, 0.05) is 6.42 Å². The van der Waals surface area contributed by atoms with E-state index in [-0.39, 0.29) is 12.1 Å². The Hall–Kier alpha value is -1.31.